The maximum atomic E-state index is 5.65. The molecule has 98 valence electrons. The smallest absolute Gasteiger partial charge is 0.213 e. The Morgan fingerprint density at radius 1 is 1.56 bits per heavy atom. The molecule has 0 atom stereocenters. The summed E-state index contributed by atoms with van der Waals surface area (Å²) in [6.45, 7) is 1.50. The van der Waals surface area contributed by atoms with Gasteiger partial charge in [-0.3, -0.25) is 4.99 Å². The largest absolute Gasteiger partial charge is 0.477 e. The average molecular weight is 248 g/mol. The van der Waals surface area contributed by atoms with Gasteiger partial charge in [-0.1, -0.05) is 0 Å². The first-order chi connectivity index (χ1) is 8.81. The molecular weight excluding hydrogens is 228 g/mol. The number of rotatable bonds is 5. The van der Waals surface area contributed by atoms with Gasteiger partial charge in [0.05, 0.1) is 6.61 Å². The molecule has 1 aromatic heterocycles. The molecule has 0 amide bonds. The summed E-state index contributed by atoms with van der Waals surface area (Å²) in [4.78, 5) is 8.27. The maximum Gasteiger partial charge on any atom is 0.213 e. The van der Waals surface area contributed by atoms with E-state index in [1.54, 1.807) is 13.2 Å². The van der Waals surface area contributed by atoms with E-state index >= 15 is 0 Å². The number of ether oxygens (including phenoxy) is 1. The van der Waals surface area contributed by atoms with E-state index in [1.807, 2.05) is 19.2 Å². The van der Waals surface area contributed by atoms with Crippen LogP contribution >= 0.6 is 0 Å². The van der Waals surface area contributed by atoms with Gasteiger partial charge in [-0.25, -0.2) is 4.98 Å². The van der Waals surface area contributed by atoms with E-state index < -0.39 is 0 Å². The fraction of sp³-hybridized carbons (Fsp3) is 0.538. The van der Waals surface area contributed by atoms with Crippen LogP contribution in [-0.2, 0) is 6.54 Å². The second-order valence-corrected chi connectivity index (χ2v) is 4.43. The van der Waals surface area contributed by atoms with Crippen molar-refractivity contribution in [3.63, 3.8) is 0 Å². The molecule has 0 unspecified atom stereocenters. The molecule has 1 heterocycles. The van der Waals surface area contributed by atoms with E-state index in [1.165, 1.54) is 12.8 Å². The Morgan fingerprint density at radius 3 is 3.06 bits per heavy atom. The predicted molar refractivity (Wildman–Crippen MR) is 71.7 cm³/mol. The summed E-state index contributed by atoms with van der Waals surface area (Å²) < 4.78 is 5.65. The van der Waals surface area contributed by atoms with Crippen molar-refractivity contribution in [2.75, 3.05) is 20.7 Å². The standard InChI is InChI=1S/C13H20N4O/c1-14-13(15-2)17-8-11-5-6-16-12(7-11)18-9-10-3-4-10/h5-7,10H,3-4,8-9H2,1-2H3,(H2,14,15,17). The van der Waals surface area contributed by atoms with Crippen molar-refractivity contribution < 1.29 is 4.74 Å². The molecular formula is C13H20N4O. The molecule has 2 rings (SSSR count). The van der Waals surface area contributed by atoms with Crippen molar-refractivity contribution in [2.45, 2.75) is 19.4 Å². The summed E-state index contributed by atoms with van der Waals surface area (Å²) in [6, 6.07) is 3.94. The number of hydrogen-bond donors (Lipinski definition) is 2. The topological polar surface area (TPSA) is 58.5 Å². The molecule has 0 aliphatic heterocycles. The number of nitrogens with one attached hydrogen (secondary N) is 2. The van der Waals surface area contributed by atoms with Gasteiger partial charge in [-0.15, -0.1) is 0 Å². The van der Waals surface area contributed by atoms with Crippen LogP contribution in [0.2, 0.25) is 0 Å². The maximum absolute atomic E-state index is 5.65. The highest BCUT2D eigenvalue weighted by molar-refractivity contribution is 5.79. The molecule has 2 N–H and O–H groups in total. The minimum atomic E-state index is 0.704. The minimum absolute atomic E-state index is 0.704. The van der Waals surface area contributed by atoms with Crippen molar-refractivity contribution in [3.05, 3.63) is 23.9 Å². The van der Waals surface area contributed by atoms with Crippen LogP contribution in [0.1, 0.15) is 18.4 Å². The fourth-order valence-corrected chi connectivity index (χ4v) is 1.59. The van der Waals surface area contributed by atoms with Gasteiger partial charge in [-0.2, -0.15) is 0 Å². The molecule has 1 aliphatic rings. The molecule has 0 spiro atoms. The van der Waals surface area contributed by atoms with E-state index in [9.17, 15) is 0 Å². The average Bonchev–Trinajstić information content (AvgIpc) is 3.22. The third-order valence-electron chi connectivity index (χ3n) is 2.88. The van der Waals surface area contributed by atoms with Gasteiger partial charge in [0.25, 0.3) is 0 Å². The Balaban J connectivity index is 1.85. The lowest BCUT2D eigenvalue weighted by Crippen LogP contribution is -2.34. The number of pyridine rings is 1. The Hall–Kier alpha value is -1.78. The van der Waals surface area contributed by atoms with Crippen molar-refractivity contribution in [2.24, 2.45) is 10.9 Å². The van der Waals surface area contributed by atoms with Crippen molar-refractivity contribution >= 4 is 5.96 Å². The molecule has 0 saturated heterocycles. The number of aliphatic imine (C=N–C) groups is 1. The van der Waals surface area contributed by atoms with Crippen LogP contribution in [0.3, 0.4) is 0 Å². The number of nitrogens with zero attached hydrogens (tertiary/aromatic N) is 2. The fourth-order valence-electron chi connectivity index (χ4n) is 1.59. The molecule has 5 heteroatoms. The summed E-state index contributed by atoms with van der Waals surface area (Å²) in [5.74, 6) is 2.23. The zero-order valence-electron chi connectivity index (χ0n) is 10.9. The van der Waals surface area contributed by atoms with Crippen LogP contribution < -0.4 is 15.4 Å². The third kappa shape index (κ3) is 3.91. The van der Waals surface area contributed by atoms with Gasteiger partial charge in [0.15, 0.2) is 5.96 Å². The van der Waals surface area contributed by atoms with E-state index in [2.05, 4.69) is 20.6 Å². The van der Waals surface area contributed by atoms with E-state index in [0.29, 0.717) is 12.4 Å². The lowest BCUT2D eigenvalue weighted by atomic mass is 10.2. The Morgan fingerprint density at radius 2 is 2.39 bits per heavy atom. The van der Waals surface area contributed by atoms with Crippen molar-refractivity contribution in [1.29, 1.82) is 0 Å². The zero-order chi connectivity index (χ0) is 12.8. The third-order valence-corrected chi connectivity index (χ3v) is 2.88. The van der Waals surface area contributed by atoms with Gasteiger partial charge in [0.2, 0.25) is 5.88 Å². The molecule has 1 saturated carbocycles. The summed E-state index contributed by atoms with van der Waals surface area (Å²) in [5, 5.41) is 6.17. The second-order valence-electron chi connectivity index (χ2n) is 4.43. The first-order valence-electron chi connectivity index (χ1n) is 6.28. The summed E-state index contributed by atoms with van der Waals surface area (Å²) >= 11 is 0. The van der Waals surface area contributed by atoms with Crippen molar-refractivity contribution in [3.8, 4) is 5.88 Å². The second kappa shape index (κ2) is 6.23. The van der Waals surface area contributed by atoms with Gasteiger partial charge in [-0.05, 0) is 30.4 Å². The monoisotopic (exact) mass is 248 g/mol. The van der Waals surface area contributed by atoms with E-state index in [0.717, 1.165) is 24.0 Å². The van der Waals surface area contributed by atoms with Gasteiger partial charge < -0.3 is 15.4 Å². The first kappa shape index (κ1) is 12.7. The highest BCUT2D eigenvalue weighted by Crippen LogP contribution is 2.29. The molecule has 0 aromatic carbocycles. The van der Waals surface area contributed by atoms with Crippen LogP contribution in [0, 0.1) is 5.92 Å². The van der Waals surface area contributed by atoms with Gasteiger partial charge in [0.1, 0.15) is 0 Å². The van der Waals surface area contributed by atoms with Gasteiger partial charge >= 0.3 is 0 Å². The highest BCUT2D eigenvalue weighted by atomic mass is 16.5. The van der Waals surface area contributed by atoms with E-state index in [-0.39, 0.29) is 0 Å². The quantitative estimate of drug-likeness (QED) is 0.606. The molecule has 18 heavy (non-hydrogen) atoms. The normalized spacial score (nSPS) is 15.3. The van der Waals surface area contributed by atoms with Crippen LogP contribution in [0.4, 0.5) is 0 Å². The summed E-state index contributed by atoms with van der Waals surface area (Å²) in [7, 11) is 3.58. The number of hydrogen-bond acceptors (Lipinski definition) is 3. The van der Waals surface area contributed by atoms with E-state index in [4.69, 9.17) is 4.74 Å². The Labute approximate surface area is 108 Å². The number of guanidine groups is 1. The predicted octanol–water partition coefficient (Wildman–Crippen LogP) is 1.17. The Kier molecular flexibility index (Phi) is 4.39. The molecule has 1 aromatic rings. The molecule has 5 nitrogen and oxygen atoms in total. The van der Waals surface area contributed by atoms with Crippen LogP contribution in [-0.4, -0.2) is 31.6 Å². The summed E-state index contributed by atoms with van der Waals surface area (Å²) in [5.41, 5.74) is 1.13. The zero-order valence-corrected chi connectivity index (χ0v) is 10.9. The van der Waals surface area contributed by atoms with Crippen LogP contribution in [0.15, 0.2) is 23.3 Å². The van der Waals surface area contributed by atoms with Crippen LogP contribution in [0.25, 0.3) is 0 Å². The van der Waals surface area contributed by atoms with Crippen LogP contribution in [0.5, 0.6) is 5.88 Å². The summed E-state index contributed by atoms with van der Waals surface area (Å²) in [6.07, 6.45) is 4.36. The SMILES string of the molecule is CN=C(NC)NCc1ccnc(OCC2CC2)c1. The highest BCUT2D eigenvalue weighted by Gasteiger charge is 2.22. The molecule has 0 radical (unpaired) electrons. The lowest BCUT2D eigenvalue weighted by molar-refractivity contribution is 0.288. The Bertz CT molecular complexity index is 415. The molecule has 1 fully saturated rings. The first-order valence-corrected chi connectivity index (χ1v) is 6.28. The number of aromatic nitrogens is 1. The van der Waals surface area contributed by atoms with Crippen molar-refractivity contribution in [1.82, 2.24) is 15.6 Å². The molecule has 1 aliphatic carbocycles. The minimum Gasteiger partial charge on any atom is -0.477 e. The van der Waals surface area contributed by atoms with Gasteiger partial charge in [0, 0.05) is 32.9 Å². The molecule has 0 bridgehead atoms. The lowest BCUT2D eigenvalue weighted by Gasteiger charge is -2.09.